The van der Waals surface area contributed by atoms with Gasteiger partial charge in [-0.25, -0.2) is 4.68 Å². The van der Waals surface area contributed by atoms with Gasteiger partial charge < -0.3 is 9.30 Å². The standard InChI is InChI=1S/C17H22N4O2S2/c1-3-20-15(13-7-5-4-6-8-13)18-21(17(20)24)12-19-9-10-25-14(11-19)16(22)23-2/h4-8,14H,3,9-12H2,1-2H3/t14-/m1/s1. The number of hydrogen-bond donors (Lipinski definition) is 0. The molecule has 1 aromatic heterocycles. The number of esters is 1. The van der Waals surface area contributed by atoms with Crippen molar-refractivity contribution >= 4 is 29.9 Å². The maximum Gasteiger partial charge on any atom is 0.320 e. The highest BCUT2D eigenvalue weighted by Gasteiger charge is 2.27. The van der Waals surface area contributed by atoms with Crippen LogP contribution in [0.25, 0.3) is 11.4 Å². The van der Waals surface area contributed by atoms with Crippen molar-refractivity contribution < 1.29 is 9.53 Å². The lowest BCUT2D eigenvalue weighted by Crippen LogP contribution is -2.42. The minimum Gasteiger partial charge on any atom is -0.468 e. The fourth-order valence-electron chi connectivity index (χ4n) is 2.91. The Morgan fingerprint density at radius 2 is 2.16 bits per heavy atom. The summed E-state index contributed by atoms with van der Waals surface area (Å²) < 4.78 is 9.48. The minimum atomic E-state index is -0.164. The number of rotatable bonds is 5. The number of thioether (sulfide) groups is 1. The van der Waals surface area contributed by atoms with Gasteiger partial charge in [0.1, 0.15) is 5.25 Å². The summed E-state index contributed by atoms with van der Waals surface area (Å²) in [7, 11) is 1.44. The van der Waals surface area contributed by atoms with Crippen LogP contribution >= 0.6 is 24.0 Å². The lowest BCUT2D eigenvalue weighted by atomic mass is 10.2. The normalized spacial score (nSPS) is 18.2. The molecular formula is C17H22N4O2S2. The molecule has 0 radical (unpaired) electrons. The van der Waals surface area contributed by atoms with E-state index >= 15 is 0 Å². The monoisotopic (exact) mass is 378 g/mol. The topological polar surface area (TPSA) is 52.3 Å². The second-order valence-electron chi connectivity index (χ2n) is 5.82. The summed E-state index contributed by atoms with van der Waals surface area (Å²) in [6.45, 7) is 4.97. The molecule has 134 valence electrons. The van der Waals surface area contributed by atoms with E-state index in [0.29, 0.717) is 18.0 Å². The van der Waals surface area contributed by atoms with E-state index in [-0.39, 0.29) is 11.2 Å². The first-order valence-electron chi connectivity index (χ1n) is 8.29. The third-order valence-corrected chi connectivity index (χ3v) is 5.81. The molecule has 8 heteroatoms. The lowest BCUT2D eigenvalue weighted by molar-refractivity contribution is -0.140. The van der Waals surface area contributed by atoms with Crippen molar-refractivity contribution in [3.8, 4) is 11.4 Å². The zero-order valence-electron chi connectivity index (χ0n) is 14.4. The Balaban J connectivity index is 1.82. The van der Waals surface area contributed by atoms with E-state index in [2.05, 4.69) is 11.8 Å². The quantitative estimate of drug-likeness (QED) is 0.589. The van der Waals surface area contributed by atoms with Crippen LogP contribution in [0.2, 0.25) is 0 Å². The van der Waals surface area contributed by atoms with E-state index in [9.17, 15) is 4.79 Å². The number of aromatic nitrogens is 3. The summed E-state index contributed by atoms with van der Waals surface area (Å²) in [5.41, 5.74) is 1.05. The van der Waals surface area contributed by atoms with E-state index in [1.54, 1.807) is 11.8 Å². The number of carbonyl (C=O) groups excluding carboxylic acids is 1. The minimum absolute atomic E-state index is 0.144. The number of hydrogen-bond acceptors (Lipinski definition) is 6. The number of nitrogens with zero attached hydrogens (tertiary/aromatic N) is 4. The van der Waals surface area contributed by atoms with Gasteiger partial charge in [0, 0.05) is 31.0 Å². The van der Waals surface area contributed by atoms with Crippen molar-refractivity contribution in [2.75, 3.05) is 26.0 Å². The number of benzene rings is 1. The Labute approximate surface area is 156 Å². The van der Waals surface area contributed by atoms with Gasteiger partial charge >= 0.3 is 5.97 Å². The molecule has 1 fully saturated rings. The molecule has 1 aliphatic heterocycles. The Hall–Kier alpha value is -1.64. The first-order valence-corrected chi connectivity index (χ1v) is 9.74. The van der Waals surface area contributed by atoms with E-state index in [1.807, 2.05) is 39.6 Å². The molecule has 0 amide bonds. The third kappa shape index (κ3) is 3.96. The smallest absolute Gasteiger partial charge is 0.320 e. The van der Waals surface area contributed by atoms with Crippen molar-refractivity contribution in [1.29, 1.82) is 0 Å². The largest absolute Gasteiger partial charge is 0.468 e. The van der Waals surface area contributed by atoms with Crippen LogP contribution in [0.15, 0.2) is 30.3 Å². The Bertz CT molecular complexity index is 788. The van der Waals surface area contributed by atoms with Gasteiger partial charge in [-0.15, -0.1) is 11.8 Å². The molecule has 1 aromatic carbocycles. The first-order chi connectivity index (χ1) is 12.1. The second kappa shape index (κ2) is 8.16. The summed E-state index contributed by atoms with van der Waals surface area (Å²) in [6, 6.07) is 10.1. The number of methoxy groups -OCH3 is 1. The molecule has 3 rings (SSSR count). The van der Waals surface area contributed by atoms with Crippen molar-refractivity contribution in [2.45, 2.75) is 25.4 Å². The van der Waals surface area contributed by atoms with Crippen molar-refractivity contribution in [1.82, 2.24) is 19.2 Å². The maximum absolute atomic E-state index is 11.8. The molecule has 1 atom stereocenters. The highest BCUT2D eigenvalue weighted by atomic mass is 32.2. The van der Waals surface area contributed by atoms with Crippen LogP contribution in [0.4, 0.5) is 0 Å². The predicted octanol–water partition coefficient (Wildman–Crippen LogP) is 2.65. The van der Waals surface area contributed by atoms with Crippen LogP contribution in [0, 0.1) is 4.77 Å². The third-order valence-electron chi connectivity index (χ3n) is 4.22. The summed E-state index contributed by atoms with van der Waals surface area (Å²) in [5, 5.41) is 4.60. The number of ether oxygens (including phenoxy) is 1. The summed E-state index contributed by atoms with van der Waals surface area (Å²) in [6.07, 6.45) is 0. The highest BCUT2D eigenvalue weighted by Crippen LogP contribution is 2.22. The van der Waals surface area contributed by atoms with E-state index in [1.165, 1.54) is 7.11 Å². The summed E-state index contributed by atoms with van der Waals surface area (Å²) in [5.74, 6) is 1.61. The predicted molar refractivity (Wildman–Crippen MR) is 102 cm³/mol. The van der Waals surface area contributed by atoms with Crippen LogP contribution in [0.1, 0.15) is 6.92 Å². The van der Waals surface area contributed by atoms with E-state index in [0.717, 1.165) is 30.2 Å². The van der Waals surface area contributed by atoms with Gasteiger partial charge in [-0.05, 0) is 19.1 Å². The van der Waals surface area contributed by atoms with Gasteiger partial charge in [0.2, 0.25) is 0 Å². The van der Waals surface area contributed by atoms with Gasteiger partial charge in [0.15, 0.2) is 10.6 Å². The van der Waals surface area contributed by atoms with Crippen molar-refractivity contribution in [3.63, 3.8) is 0 Å². The van der Waals surface area contributed by atoms with Crippen LogP contribution in [-0.4, -0.2) is 56.4 Å². The second-order valence-corrected chi connectivity index (χ2v) is 7.49. The van der Waals surface area contributed by atoms with Crippen molar-refractivity contribution in [2.24, 2.45) is 0 Å². The Morgan fingerprint density at radius 1 is 1.40 bits per heavy atom. The molecule has 0 saturated carbocycles. The van der Waals surface area contributed by atoms with Crippen LogP contribution in [0.3, 0.4) is 0 Å². The SMILES string of the molecule is CCn1c(-c2ccccc2)nn(CN2CCS[C@@H](C(=O)OC)C2)c1=S. The maximum atomic E-state index is 11.8. The molecular weight excluding hydrogens is 356 g/mol. The lowest BCUT2D eigenvalue weighted by Gasteiger charge is -2.30. The average molecular weight is 379 g/mol. The van der Waals surface area contributed by atoms with Crippen LogP contribution < -0.4 is 0 Å². The van der Waals surface area contributed by atoms with Gasteiger partial charge in [-0.1, -0.05) is 30.3 Å². The molecule has 0 unspecified atom stereocenters. The summed E-state index contributed by atoms with van der Waals surface area (Å²) in [4.78, 5) is 14.0. The van der Waals surface area contributed by atoms with E-state index < -0.39 is 0 Å². The molecule has 0 aliphatic carbocycles. The van der Waals surface area contributed by atoms with Gasteiger partial charge in [0.05, 0.1) is 13.8 Å². The van der Waals surface area contributed by atoms with E-state index in [4.69, 9.17) is 22.1 Å². The highest BCUT2D eigenvalue weighted by molar-refractivity contribution is 8.00. The molecule has 0 spiro atoms. The fraction of sp³-hybridized carbons (Fsp3) is 0.471. The Kier molecular flexibility index (Phi) is 5.93. The molecule has 2 heterocycles. The molecule has 0 N–H and O–H groups in total. The molecule has 2 aromatic rings. The molecule has 0 bridgehead atoms. The van der Waals surface area contributed by atoms with Gasteiger partial charge in [0.25, 0.3) is 0 Å². The number of carbonyl (C=O) groups is 1. The zero-order chi connectivity index (χ0) is 17.8. The van der Waals surface area contributed by atoms with Crippen LogP contribution in [-0.2, 0) is 22.7 Å². The molecule has 25 heavy (non-hydrogen) atoms. The fourth-order valence-corrected chi connectivity index (χ4v) is 4.42. The summed E-state index contributed by atoms with van der Waals surface area (Å²) >= 11 is 7.27. The molecule has 1 aliphatic rings. The zero-order valence-corrected chi connectivity index (χ0v) is 16.1. The van der Waals surface area contributed by atoms with Gasteiger partial charge in [-0.3, -0.25) is 9.69 Å². The Morgan fingerprint density at radius 3 is 2.84 bits per heavy atom. The van der Waals surface area contributed by atoms with Crippen molar-refractivity contribution in [3.05, 3.63) is 35.1 Å². The van der Waals surface area contributed by atoms with Gasteiger partial charge in [-0.2, -0.15) is 5.10 Å². The first kappa shape index (κ1) is 18.2. The molecule has 6 nitrogen and oxygen atoms in total. The van der Waals surface area contributed by atoms with Crippen LogP contribution in [0.5, 0.6) is 0 Å². The molecule has 1 saturated heterocycles. The average Bonchev–Trinajstić information content (AvgIpc) is 2.97.